The molecular weight excluding hydrogens is 499 g/mol. The van der Waals surface area contributed by atoms with E-state index in [0.29, 0.717) is 37.0 Å². The van der Waals surface area contributed by atoms with Crippen molar-refractivity contribution in [3.63, 3.8) is 0 Å². The number of ether oxygens (including phenoxy) is 3. The van der Waals surface area contributed by atoms with E-state index in [0.717, 1.165) is 17.1 Å². The number of aliphatic imine (C=N–C) groups is 1. The monoisotopic (exact) mass is 526 g/mol. The molecule has 0 radical (unpaired) electrons. The van der Waals surface area contributed by atoms with Crippen LogP contribution in [0, 0.1) is 0 Å². The molecule has 1 amide bonds. The Morgan fingerprint density at radius 3 is 2.53 bits per heavy atom. The van der Waals surface area contributed by atoms with Gasteiger partial charge in [0.1, 0.15) is 12.4 Å². The van der Waals surface area contributed by atoms with Crippen LogP contribution < -0.4 is 24.8 Å². The molecule has 162 valence electrons. The van der Waals surface area contributed by atoms with Crippen LogP contribution in [0.5, 0.6) is 17.2 Å². The summed E-state index contributed by atoms with van der Waals surface area (Å²) in [5, 5.41) is 6.45. The van der Waals surface area contributed by atoms with Crippen LogP contribution in [0.15, 0.2) is 47.5 Å². The first-order valence-corrected chi connectivity index (χ1v) is 9.34. The van der Waals surface area contributed by atoms with Gasteiger partial charge in [-0.25, -0.2) is 0 Å². The fourth-order valence-corrected chi connectivity index (χ4v) is 2.73. The number of halogens is 1. The van der Waals surface area contributed by atoms with Crippen LogP contribution in [-0.2, 0) is 6.54 Å². The van der Waals surface area contributed by atoms with Gasteiger partial charge >= 0.3 is 0 Å². The topological polar surface area (TPSA) is 84.4 Å². The number of hydrogen-bond acceptors (Lipinski definition) is 5. The molecule has 0 bridgehead atoms. The number of amides is 1. The molecule has 0 saturated carbocycles. The number of carbonyl (C=O) groups excluding carboxylic acids is 1. The molecule has 0 aromatic heterocycles. The van der Waals surface area contributed by atoms with E-state index in [1.807, 2.05) is 42.5 Å². The van der Waals surface area contributed by atoms with E-state index in [9.17, 15) is 4.79 Å². The molecule has 9 heteroatoms. The molecule has 0 aliphatic carbocycles. The van der Waals surface area contributed by atoms with E-state index >= 15 is 0 Å². The number of rotatable bonds is 7. The molecule has 1 heterocycles. The van der Waals surface area contributed by atoms with Gasteiger partial charge < -0.3 is 29.7 Å². The summed E-state index contributed by atoms with van der Waals surface area (Å²) in [4.78, 5) is 17.7. The Kier molecular flexibility index (Phi) is 9.03. The predicted molar refractivity (Wildman–Crippen MR) is 126 cm³/mol. The van der Waals surface area contributed by atoms with Gasteiger partial charge in [-0.1, -0.05) is 12.1 Å². The van der Waals surface area contributed by atoms with E-state index in [4.69, 9.17) is 14.2 Å². The molecule has 8 nitrogen and oxygen atoms in total. The molecule has 1 aliphatic rings. The third kappa shape index (κ3) is 6.41. The van der Waals surface area contributed by atoms with Crippen LogP contribution in [0.1, 0.15) is 15.9 Å². The summed E-state index contributed by atoms with van der Waals surface area (Å²) in [5.74, 6) is 2.83. The fourth-order valence-electron chi connectivity index (χ4n) is 2.73. The highest BCUT2D eigenvalue weighted by atomic mass is 127. The van der Waals surface area contributed by atoms with Gasteiger partial charge in [0.05, 0.1) is 6.54 Å². The molecule has 0 fully saturated rings. The summed E-state index contributed by atoms with van der Waals surface area (Å²) in [7, 11) is 5.19. The van der Waals surface area contributed by atoms with Crippen molar-refractivity contribution in [2.24, 2.45) is 4.99 Å². The normalized spacial score (nSPS) is 12.0. The second kappa shape index (κ2) is 11.5. The molecule has 30 heavy (non-hydrogen) atoms. The summed E-state index contributed by atoms with van der Waals surface area (Å²) in [5.41, 5.74) is 1.72. The standard InChI is InChI=1S/C21H26N4O4.HI/c1-22-21(24-13-15-4-6-16(7-5-15)20(26)25(2)3)23-10-11-27-17-8-9-18-19(12-17)29-14-28-18;/h4-9,12H,10-11,13-14H2,1-3H3,(H2,22,23,24);1H. The predicted octanol–water partition coefficient (Wildman–Crippen LogP) is 2.48. The minimum atomic E-state index is -0.00977. The van der Waals surface area contributed by atoms with Gasteiger partial charge in [-0.05, 0) is 29.8 Å². The van der Waals surface area contributed by atoms with Crippen molar-refractivity contribution >= 4 is 35.8 Å². The lowest BCUT2D eigenvalue weighted by Gasteiger charge is -2.13. The van der Waals surface area contributed by atoms with Crippen LogP contribution in [0.2, 0.25) is 0 Å². The SMILES string of the molecule is CN=C(NCCOc1ccc2c(c1)OCO2)NCc1ccc(C(=O)N(C)C)cc1.I. The molecule has 0 atom stereocenters. The summed E-state index contributed by atoms with van der Waals surface area (Å²) < 4.78 is 16.4. The van der Waals surface area contributed by atoms with Crippen molar-refractivity contribution in [1.82, 2.24) is 15.5 Å². The zero-order valence-electron chi connectivity index (χ0n) is 17.3. The van der Waals surface area contributed by atoms with Gasteiger partial charge in [-0.3, -0.25) is 9.79 Å². The van der Waals surface area contributed by atoms with Gasteiger partial charge in [-0.2, -0.15) is 0 Å². The number of carbonyl (C=O) groups is 1. The molecule has 0 saturated heterocycles. The van der Waals surface area contributed by atoms with Crippen molar-refractivity contribution in [3.05, 3.63) is 53.6 Å². The average molecular weight is 526 g/mol. The van der Waals surface area contributed by atoms with Crippen LogP contribution in [0.4, 0.5) is 0 Å². The molecule has 2 aromatic rings. The zero-order chi connectivity index (χ0) is 20.6. The number of nitrogens with one attached hydrogen (secondary N) is 2. The molecule has 0 spiro atoms. The lowest BCUT2D eigenvalue weighted by Crippen LogP contribution is -2.38. The molecule has 1 aliphatic heterocycles. The van der Waals surface area contributed by atoms with E-state index in [1.54, 1.807) is 26.0 Å². The zero-order valence-corrected chi connectivity index (χ0v) is 19.6. The second-order valence-electron chi connectivity index (χ2n) is 6.61. The van der Waals surface area contributed by atoms with E-state index < -0.39 is 0 Å². The molecular formula is C21H27IN4O4. The van der Waals surface area contributed by atoms with Crippen LogP contribution in [0.3, 0.4) is 0 Å². The van der Waals surface area contributed by atoms with Crippen molar-refractivity contribution in [3.8, 4) is 17.2 Å². The van der Waals surface area contributed by atoms with E-state index in [2.05, 4.69) is 15.6 Å². The van der Waals surface area contributed by atoms with Crippen molar-refractivity contribution < 1.29 is 19.0 Å². The Morgan fingerprint density at radius 2 is 1.83 bits per heavy atom. The molecule has 3 rings (SSSR count). The maximum Gasteiger partial charge on any atom is 0.253 e. The lowest BCUT2D eigenvalue weighted by molar-refractivity contribution is 0.0827. The van der Waals surface area contributed by atoms with Gasteiger partial charge in [0.25, 0.3) is 5.91 Å². The van der Waals surface area contributed by atoms with Gasteiger partial charge in [0.15, 0.2) is 17.5 Å². The summed E-state index contributed by atoms with van der Waals surface area (Å²) in [6, 6.07) is 13.0. The van der Waals surface area contributed by atoms with Crippen molar-refractivity contribution in [2.45, 2.75) is 6.54 Å². The van der Waals surface area contributed by atoms with Gasteiger partial charge in [0.2, 0.25) is 6.79 Å². The largest absolute Gasteiger partial charge is 0.492 e. The molecule has 2 N–H and O–H groups in total. The molecule has 0 unspecified atom stereocenters. The quantitative estimate of drug-likeness (QED) is 0.250. The van der Waals surface area contributed by atoms with E-state index in [-0.39, 0.29) is 36.7 Å². The summed E-state index contributed by atoms with van der Waals surface area (Å²) >= 11 is 0. The lowest BCUT2D eigenvalue weighted by atomic mass is 10.1. The smallest absolute Gasteiger partial charge is 0.253 e. The third-order valence-corrected chi connectivity index (χ3v) is 4.30. The van der Waals surface area contributed by atoms with Crippen LogP contribution in [-0.4, -0.2) is 57.9 Å². The second-order valence-corrected chi connectivity index (χ2v) is 6.61. The Balaban J connectivity index is 0.00000320. The summed E-state index contributed by atoms with van der Waals surface area (Å²) in [6.45, 7) is 1.90. The highest BCUT2D eigenvalue weighted by Crippen LogP contribution is 2.34. The summed E-state index contributed by atoms with van der Waals surface area (Å²) in [6.07, 6.45) is 0. The maximum atomic E-state index is 11.9. The Bertz CT molecular complexity index is 872. The third-order valence-electron chi connectivity index (χ3n) is 4.30. The Hall–Kier alpha value is -2.69. The first-order chi connectivity index (χ1) is 14.1. The average Bonchev–Trinajstić information content (AvgIpc) is 3.21. The van der Waals surface area contributed by atoms with Gasteiger partial charge in [0, 0.05) is 39.3 Å². The fraction of sp³-hybridized carbons (Fsp3) is 0.333. The van der Waals surface area contributed by atoms with Crippen LogP contribution >= 0.6 is 24.0 Å². The number of guanidine groups is 1. The van der Waals surface area contributed by atoms with Crippen molar-refractivity contribution in [2.75, 3.05) is 41.1 Å². The minimum absolute atomic E-state index is 0. The van der Waals surface area contributed by atoms with Crippen molar-refractivity contribution in [1.29, 1.82) is 0 Å². The maximum absolute atomic E-state index is 11.9. The van der Waals surface area contributed by atoms with E-state index in [1.165, 1.54) is 0 Å². The highest BCUT2D eigenvalue weighted by molar-refractivity contribution is 14.0. The number of fused-ring (bicyclic) bond motifs is 1. The number of hydrogen-bond donors (Lipinski definition) is 2. The number of nitrogens with zero attached hydrogens (tertiary/aromatic N) is 2. The first-order valence-electron chi connectivity index (χ1n) is 9.34. The first kappa shape index (κ1) is 23.6. The minimum Gasteiger partial charge on any atom is -0.492 e. The highest BCUT2D eigenvalue weighted by Gasteiger charge is 2.13. The Labute approximate surface area is 193 Å². The van der Waals surface area contributed by atoms with Crippen LogP contribution in [0.25, 0.3) is 0 Å². The number of benzene rings is 2. The van der Waals surface area contributed by atoms with Gasteiger partial charge in [-0.15, -0.1) is 24.0 Å². The molecule has 2 aromatic carbocycles. The Morgan fingerprint density at radius 1 is 1.10 bits per heavy atom.